The van der Waals surface area contributed by atoms with Gasteiger partial charge in [0.25, 0.3) is 0 Å². The number of nitrogens with zero attached hydrogens (tertiary/aromatic N) is 2. The summed E-state index contributed by atoms with van der Waals surface area (Å²) in [6.45, 7) is 2.70. The average Bonchev–Trinajstić information content (AvgIpc) is 2.97. The van der Waals surface area contributed by atoms with Crippen molar-refractivity contribution in [2.24, 2.45) is 11.7 Å². The van der Waals surface area contributed by atoms with E-state index in [1.807, 2.05) is 18.2 Å². The van der Waals surface area contributed by atoms with E-state index in [4.69, 9.17) is 10.7 Å². The number of carbonyl (C=O) groups excluding carboxylic acids is 1. The third-order valence-corrected chi connectivity index (χ3v) is 4.89. The molecule has 1 aromatic carbocycles. The molecule has 110 valence electrons. The second-order valence-corrected chi connectivity index (χ2v) is 6.32. The third kappa shape index (κ3) is 3.49. The van der Waals surface area contributed by atoms with Crippen molar-refractivity contribution in [3.63, 3.8) is 0 Å². The van der Waals surface area contributed by atoms with Gasteiger partial charge >= 0.3 is 0 Å². The molecule has 1 amide bonds. The van der Waals surface area contributed by atoms with Crippen molar-refractivity contribution < 1.29 is 4.79 Å². The molecular formula is C16H19N3OS. The number of nitrogens with two attached hydrogens (primary N) is 1. The van der Waals surface area contributed by atoms with Crippen LogP contribution in [0.5, 0.6) is 0 Å². The molecule has 5 heteroatoms. The Bertz CT molecular complexity index is 603. The second kappa shape index (κ2) is 6.37. The summed E-state index contributed by atoms with van der Waals surface area (Å²) in [7, 11) is 0. The maximum atomic E-state index is 11.2. The highest BCUT2D eigenvalue weighted by Crippen LogP contribution is 2.25. The molecule has 0 bridgehead atoms. The van der Waals surface area contributed by atoms with Gasteiger partial charge in [-0.2, -0.15) is 0 Å². The Morgan fingerprint density at radius 1 is 1.29 bits per heavy atom. The van der Waals surface area contributed by atoms with Crippen LogP contribution in [0, 0.1) is 5.92 Å². The first-order chi connectivity index (χ1) is 10.2. The molecule has 1 saturated heterocycles. The van der Waals surface area contributed by atoms with Gasteiger partial charge in [0.05, 0.1) is 5.69 Å². The number of thiazole rings is 1. The van der Waals surface area contributed by atoms with E-state index in [0.717, 1.165) is 43.2 Å². The van der Waals surface area contributed by atoms with E-state index in [9.17, 15) is 4.79 Å². The number of likely N-dealkylation sites (tertiary alicyclic amines) is 1. The molecule has 0 aliphatic carbocycles. The zero-order valence-electron chi connectivity index (χ0n) is 11.9. The largest absolute Gasteiger partial charge is 0.369 e. The van der Waals surface area contributed by atoms with E-state index in [2.05, 4.69) is 22.4 Å². The molecule has 21 heavy (non-hydrogen) atoms. The van der Waals surface area contributed by atoms with Crippen molar-refractivity contribution in [1.82, 2.24) is 9.88 Å². The van der Waals surface area contributed by atoms with E-state index in [-0.39, 0.29) is 11.8 Å². The second-order valence-electron chi connectivity index (χ2n) is 5.46. The summed E-state index contributed by atoms with van der Waals surface area (Å²) in [5.41, 5.74) is 7.64. The number of rotatable bonds is 4. The number of piperidine rings is 1. The predicted molar refractivity (Wildman–Crippen MR) is 84.7 cm³/mol. The summed E-state index contributed by atoms with van der Waals surface area (Å²) in [5, 5.41) is 3.19. The average molecular weight is 301 g/mol. The maximum absolute atomic E-state index is 11.2. The minimum Gasteiger partial charge on any atom is -0.369 e. The van der Waals surface area contributed by atoms with Crippen LogP contribution in [0.1, 0.15) is 18.5 Å². The molecule has 0 unspecified atom stereocenters. The fourth-order valence-electron chi connectivity index (χ4n) is 2.70. The molecule has 2 N–H and O–H groups in total. The van der Waals surface area contributed by atoms with Gasteiger partial charge in [-0.25, -0.2) is 4.98 Å². The first kappa shape index (κ1) is 14.2. The maximum Gasteiger partial charge on any atom is 0.220 e. The fourth-order valence-corrected chi connectivity index (χ4v) is 3.51. The Hall–Kier alpha value is -1.72. The number of hydrogen-bond donors (Lipinski definition) is 1. The van der Waals surface area contributed by atoms with Crippen molar-refractivity contribution in [3.8, 4) is 10.6 Å². The highest BCUT2D eigenvalue weighted by Gasteiger charge is 2.23. The molecule has 3 rings (SSSR count). The number of aromatic nitrogens is 1. The van der Waals surface area contributed by atoms with E-state index < -0.39 is 0 Å². The van der Waals surface area contributed by atoms with Crippen LogP contribution in [0.4, 0.5) is 0 Å². The van der Waals surface area contributed by atoms with Gasteiger partial charge in [0.1, 0.15) is 5.01 Å². The number of carbonyl (C=O) groups is 1. The van der Waals surface area contributed by atoms with Crippen molar-refractivity contribution in [1.29, 1.82) is 0 Å². The van der Waals surface area contributed by atoms with E-state index >= 15 is 0 Å². The number of primary amides is 1. The number of amides is 1. The smallest absolute Gasteiger partial charge is 0.220 e. The highest BCUT2D eigenvalue weighted by molar-refractivity contribution is 7.13. The molecular weight excluding hydrogens is 282 g/mol. The molecule has 1 aliphatic heterocycles. The first-order valence-electron chi connectivity index (χ1n) is 7.24. The number of hydrogen-bond acceptors (Lipinski definition) is 4. The van der Waals surface area contributed by atoms with Crippen molar-refractivity contribution >= 4 is 17.2 Å². The van der Waals surface area contributed by atoms with Crippen molar-refractivity contribution in [2.45, 2.75) is 19.4 Å². The molecule has 0 atom stereocenters. The van der Waals surface area contributed by atoms with Crippen LogP contribution in [0.25, 0.3) is 10.6 Å². The van der Waals surface area contributed by atoms with Gasteiger partial charge in [-0.3, -0.25) is 9.69 Å². The van der Waals surface area contributed by atoms with Gasteiger partial charge in [-0.1, -0.05) is 30.3 Å². The topological polar surface area (TPSA) is 59.2 Å². The van der Waals surface area contributed by atoms with Crippen LogP contribution in [0.3, 0.4) is 0 Å². The lowest BCUT2D eigenvalue weighted by Crippen LogP contribution is -2.38. The van der Waals surface area contributed by atoms with Crippen LogP contribution in [-0.4, -0.2) is 28.9 Å². The van der Waals surface area contributed by atoms with E-state index in [0.29, 0.717) is 0 Å². The molecule has 1 aromatic heterocycles. The Morgan fingerprint density at radius 2 is 2.00 bits per heavy atom. The lowest BCUT2D eigenvalue weighted by molar-refractivity contribution is -0.123. The quantitative estimate of drug-likeness (QED) is 0.944. The molecule has 0 saturated carbocycles. The molecule has 4 nitrogen and oxygen atoms in total. The lowest BCUT2D eigenvalue weighted by Gasteiger charge is -2.29. The fraction of sp³-hybridized carbons (Fsp3) is 0.375. The standard InChI is InChI=1S/C16H19N3OS/c17-15(20)12-6-8-19(9-7-12)10-14-11-21-16(18-14)13-4-2-1-3-5-13/h1-5,11-12H,6-10H2,(H2,17,20). The van der Waals surface area contributed by atoms with Crippen molar-refractivity contribution in [3.05, 3.63) is 41.4 Å². The Morgan fingerprint density at radius 3 is 2.67 bits per heavy atom. The van der Waals surface area contributed by atoms with E-state index in [1.165, 1.54) is 5.56 Å². The molecule has 1 fully saturated rings. The zero-order valence-corrected chi connectivity index (χ0v) is 12.7. The predicted octanol–water partition coefficient (Wildman–Crippen LogP) is 2.51. The monoisotopic (exact) mass is 301 g/mol. The van der Waals surface area contributed by atoms with Gasteiger partial charge in [-0.05, 0) is 25.9 Å². The summed E-state index contributed by atoms with van der Waals surface area (Å²) < 4.78 is 0. The Balaban J connectivity index is 1.60. The van der Waals surface area contributed by atoms with Crippen LogP contribution in [0.2, 0.25) is 0 Å². The minimum absolute atomic E-state index is 0.0524. The summed E-state index contributed by atoms with van der Waals surface area (Å²) in [6.07, 6.45) is 1.73. The van der Waals surface area contributed by atoms with Crippen LogP contribution in [0.15, 0.2) is 35.7 Å². The summed E-state index contributed by atoms with van der Waals surface area (Å²) in [6, 6.07) is 10.2. The summed E-state index contributed by atoms with van der Waals surface area (Å²) in [4.78, 5) is 18.2. The zero-order chi connectivity index (χ0) is 14.7. The minimum atomic E-state index is -0.158. The van der Waals surface area contributed by atoms with Gasteiger partial charge in [0, 0.05) is 23.4 Å². The first-order valence-corrected chi connectivity index (χ1v) is 8.12. The highest BCUT2D eigenvalue weighted by atomic mass is 32.1. The summed E-state index contributed by atoms with van der Waals surface area (Å²) in [5.74, 6) is -0.105. The Kier molecular flexibility index (Phi) is 4.31. The van der Waals surface area contributed by atoms with Gasteiger partial charge in [0.15, 0.2) is 0 Å². The van der Waals surface area contributed by atoms with Crippen LogP contribution in [-0.2, 0) is 11.3 Å². The Labute approximate surface area is 128 Å². The van der Waals surface area contributed by atoms with Crippen molar-refractivity contribution in [2.75, 3.05) is 13.1 Å². The van der Waals surface area contributed by atoms with Gasteiger partial charge in [-0.15, -0.1) is 11.3 Å². The van der Waals surface area contributed by atoms with E-state index in [1.54, 1.807) is 11.3 Å². The number of benzene rings is 1. The molecule has 0 spiro atoms. The SMILES string of the molecule is NC(=O)C1CCN(Cc2csc(-c3ccccc3)n2)CC1. The molecule has 2 aromatic rings. The van der Waals surface area contributed by atoms with Crippen LogP contribution >= 0.6 is 11.3 Å². The molecule has 2 heterocycles. The third-order valence-electron chi connectivity index (χ3n) is 3.95. The van der Waals surface area contributed by atoms with Crippen LogP contribution < -0.4 is 5.73 Å². The lowest BCUT2D eigenvalue weighted by atomic mass is 9.96. The van der Waals surface area contributed by atoms with Gasteiger partial charge in [0.2, 0.25) is 5.91 Å². The molecule has 1 aliphatic rings. The summed E-state index contributed by atoms with van der Waals surface area (Å²) >= 11 is 1.68. The normalized spacial score (nSPS) is 17.0. The molecule has 0 radical (unpaired) electrons. The van der Waals surface area contributed by atoms with Gasteiger partial charge < -0.3 is 5.73 Å².